The molecule has 1 heterocycles. The zero-order valence-corrected chi connectivity index (χ0v) is 9.08. The first-order valence-corrected chi connectivity index (χ1v) is 5.50. The Morgan fingerprint density at radius 2 is 2.13 bits per heavy atom. The van der Waals surface area contributed by atoms with Crippen LogP contribution in [0.4, 0.5) is 0 Å². The lowest BCUT2D eigenvalue weighted by molar-refractivity contribution is 0.296. The molecule has 3 nitrogen and oxygen atoms in total. The van der Waals surface area contributed by atoms with E-state index >= 15 is 0 Å². The average Bonchev–Trinajstić information content (AvgIpc) is 2.51. The van der Waals surface area contributed by atoms with Gasteiger partial charge in [-0.3, -0.25) is 0 Å². The summed E-state index contributed by atoms with van der Waals surface area (Å²) < 4.78 is 11.3. The predicted molar refractivity (Wildman–Crippen MR) is 59.4 cm³/mol. The Labute approximate surface area is 90.4 Å². The van der Waals surface area contributed by atoms with Gasteiger partial charge in [-0.1, -0.05) is 19.1 Å². The van der Waals surface area contributed by atoms with Crippen molar-refractivity contribution in [2.24, 2.45) is 0 Å². The van der Waals surface area contributed by atoms with Gasteiger partial charge in [0.15, 0.2) is 11.5 Å². The molecule has 0 amide bonds. The number of nitrogens with one attached hydrogen (secondary N) is 1. The van der Waals surface area contributed by atoms with E-state index in [-0.39, 0.29) is 0 Å². The van der Waals surface area contributed by atoms with E-state index in [1.807, 2.05) is 12.1 Å². The molecule has 0 fully saturated rings. The molecule has 0 saturated carbocycles. The van der Waals surface area contributed by atoms with Crippen LogP contribution in [0.2, 0.25) is 0 Å². The highest BCUT2D eigenvalue weighted by Gasteiger charge is 2.13. The smallest absolute Gasteiger partial charge is 0.165 e. The summed E-state index contributed by atoms with van der Waals surface area (Å²) in [6, 6.07) is 6.06. The lowest BCUT2D eigenvalue weighted by Crippen LogP contribution is -2.12. The summed E-state index contributed by atoms with van der Waals surface area (Å²) in [5.74, 6) is 1.79. The monoisotopic (exact) mass is 207 g/mol. The summed E-state index contributed by atoms with van der Waals surface area (Å²) in [4.78, 5) is 0. The second-order valence-corrected chi connectivity index (χ2v) is 3.58. The zero-order chi connectivity index (χ0) is 10.5. The number of hydrogen-bond donors (Lipinski definition) is 1. The summed E-state index contributed by atoms with van der Waals surface area (Å²) in [5, 5.41) is 3.30. The highest BCUT2D eigenvalue weighted by atomic mass is 16.5. The summed E-state index contributed by atoms with van der Waals surface area (Å²) in [6.07, 6.45) is 0.954. The summed E-state index contributed by atoms with van der Waals surface area (Å²) in [6.45, 7) is 5.39. The van der Waals surface area contributed by atoms with Crippen molar-refractivity contribution in [3.05, 3.63) is 23.8 Å². The molecule has 0 spiro atoms. The van der Waals surface area contributed by atoms with Crippen LogP contribution in [0.15, 0.2) is 18.2 Å². The van der Waals surface area contributed by atoms with Gasteiger partial charge >= 0.3 is 0 Å². The molecule has 1 aliphatic heterocycles. The zero-order valence-electron chi connectivity index (χ0n) is 9.08. The quantitative estimate of drug-likeness (QED) is 0.821. The van der Waals surface area contributed by atoms with Crippen molar-refractivity contribution >= 4 is 0 Å². The first-order chi connectivity index (χ1) is 7.42. The van der Waals surface area contributed by atoms with Gasteiger partial charge in [0.25, 0.3) is 0 Å². The third-order valence-corrected chi connectivity index (χ3v) is 2.42. The fourth-order valence-electron chi connectivity index (χ4n) is 1.65. The molecule has 0 saturated heterocycles. The molecule has 15 heavy (non-hydrogen) atoms. The first kappa shape index (κ1) is 10.3. The van der Waals surface area contributed by atoms with Gasteiger partial charge < -0.3 is 14.8 Å². The van der Waals surface area contributed by atoms with Crippen LogP contribution in [0, 0.1) is 0 Å². The Bertz CT molecular complexity index is 325. The van der Waals surface area contributed by atoms with Gasteiger partial charge in [-0.25, -0.2) is 0 Å². The highest BCUT2D eigenvalue weighted by molar-refractivity contribution is 5.46. The second-order valence-electron chi connectivity index (χ2n) is 3.58. The van der Waals surface area contributed by atoms with E-state index in [1.165, 1.54) is 5.56 Å². The normalized spacial score (nSPS) is 14.7. The number of benzene rings is 1. The molecule has 1 aromatic rings. The number of fused-ring (bicyclic) bond motifs is 1. The van der Waals surface area contributed by atoms with E-state index in [0.717, 1.165) is 44.2 Å². The minimum absolute atomic E-state index is 0.746. The fraction of sp³-hybridized carbons (Fsp3) is 0.500. The predicted octanol–water partition coefficient (Wildman–Crippen LogP) is 1.96. The van der Waals surface area contributed by atoms with Crippen molar-refractivity contribution in [2.75, 3.05) is 19.8 Å². The molecule has 3 heteroatoms. The maximum absolute atomic E-state index is 5.71. The van der Waals surface area contributed by atoms with Gasteiger partial charge in [-0.05, 0) is 12.6 Å². The van der Waals surface area contributed by atoms with E-state index in [1.54, 1.807) is 0 Å². The number of para-hydroxylation sites is 1. The Balaban J connectivity index is 2.22. The third-order valence-electron chi connectivity index (χ3n) is 2.42. The molecule has 0 aliphatic carbocycles. The molecule has 1 aliphatic rings. The van der Waals surface area contributed by atoms with Crippen molar-refractivity contribution in [2.45, 2.75) is 19.9 Å². The van der Waals surface area contributed by atoms with Crippen LogP contribution in [-0.2, 0) is 6.54 Å². The van der Waals surface area contributed by atoms with E-state index in [2.05, 4.69) is 18.3 Å². The summed E-state index contributed by atoms with van der Waals surface area (Å²) in [5.41, 5.74) is 1.18. The Morgan fingerprint density at radius 1 is 1.27 bits per heavy atom. The molecule has 0 bridgehead atoms. The first-order valence-electron chi connectivity index (χ1n) is 5.50. The van der Waals surface area contributed by atoms with Crippen LogP contribution in [0.5, 0.6) is 11.5 Å². The van der Waals surface area contributed by atoms with Crippen LogP contribution >= 0.6 is 0 Å². The summed E-state index contributed by atoms with van der Waals surface area (Å²) in [7, 11) is 0. The molecule has 1 aromatic carbocycles. The number of ether oxygens (including phenoxy) is 2. The van der Waals surface area contributed by atoms with Gasteiger partial charge in [0.05, 0.1) is 13.2 Å². The third kappa shape index (κ3) is 2.42. The van der Waals surface area contributed by atoms with Crippen molar-refractivity contribution in [3.8, 4) is 11.5 Å². The lowest BCUT2D eigenvalue weighted by Gasteiger charge is -2.12. The maximum atomic E-state index is 5.71. The largest absolute Gasteiger partial charge is 0.490 e. The standard InChI is InChI=1S/C12H17NO2/c1-2-13-9-10-5-3-6-11-12(10)15-8-4-7-14-11/h3,5-6,13H,2,4,7-9H2,1H3. The molecule has 0 atom stereocenters. The molecule has 0 aromatic heterocycles. The van der Waals surface area contributed by atoms with Gasteiger partial charge in [0.2, 0.25) is 0 Å². The van der Waals surface area contributed by atoms with E-state index in [4.69, 9.17) is 9.47 Å². The second kappa shape index (κ2) is 5.03. The molecular weight excluding hydrogens is 190 g/mol. The molecule has 82 valence electrons. The van der Waals surface area contributed by atoms with E-state index < -0.39 is 0 Å². The van der Waals surface area contributed by atoms with E-state index in [9.17, 15) is 0 Å². The Morgan fingerprint density at radius 3 is 3.00 bits per heavy atom. The van der Waals surface area contributed by atoms with Crippen molar-refractivity contribution in [1.82, 2.24) is 5.32 Å². The SMILES string of the molecule is CCNCc1cccc2c1OCCCO2. The number of hydrogen-bond acceptors (Lipinski definition) is 3. The van der Waals surface area contributed by atoms with Crippen molar-refractivity contribution < 1.29 is 9.47 Å². The van der Waals surface area contributed by atoms with Gasteiger partial charge in [-0.2, -0.15) is 0 Å². The lowest BCUT2D eigenvalue weighted by atomic mass is 10.2. The fourth-order valence-corrected chi connectivity index (χ4v) is 1.65. The van der Waals surface area contributed by atoms with Gasteiger partial charge in [-0.15, -0.1) is 0 Å². The van der Waals surface area contributed by atoms with Crippen molar-refractivity contribution in [3.63, 3.8) is 0 Å². The molecule has 0 unspecified atom stereocenters. The van der Waals surface area contributed by atoms with Gasteiger partial charge in [0, 0.05) is 18.5 Å². The molecule has 0 radical (unpaired) electrons. The summed E-state index contributed by atoms with van der Waals surface area (Å²) >= 11 is 0. The molecule has 1 N–H and O–H groups in total. The number of rotatable bonds is 3. The van der Waals surface area contributed by atoms with Crippen LogP contribution in [0.25, 0.3) is 0 Å². The maximum Gasteiger partial charge on any atom is 0.165 e. The van der Waals surface area contributed by atoms with Crippen LogP contribution in [0.1, 0.15) is 18.9 Å². The topological polar surface area (TPSA) is 30.5 Å². The Kier molecular flexibility index (Phi) is 3.45. The minimum Gasteiger partial charge on any atom is -0.490 e. The van der Waals surface area contributed by atoms with E-state index in [0.29, 0.717) is 0 Å². The van der Waals surface area contributed by atoms with Crippen LogP contribution in [-0.4, -0.2) is 19.8 Å². The van der Waals surface area contributed by atoms with Crippen LogP contribution in [0.3, 0.4) is 0 Å². The molecule has 2 rings (SSSR count). The minimum atomic E-state index is 0.746. The van der Waals surface area contributed by atoms with Gasteiger partial charge in [0.1, 0.15) is 0 Å². The highest BCUT2D eigenvalue weighted by Crippen LogP contribution is 2.32. The van der Waals surface area contributed by atoms with Crippen molar-refractivity contribution in [1.29, 1.82) is 0 Å². The van der Waals surface area contributed by atoms with Crippen LogP contribution < -0.4 is 14.8 Å². The Hall–Kier alpha value is -1.22. The average molecular weight is 207 g/mol. The molecular formula is C12H17NO2.